The van der Waals surface area contributed by atoms with E-state index in [-0.39, 0.29) is 16.3 Å². The van der Waals surface area contributed by atoms with Gasteiger partial charge >= 0.3 is 0 Å². The number of amides is 1. The van der Waals surface area contributed by atoms with Gasteiger partial charge in [0.1, 0.15) is 11.6 Å². The highest BCUT2D eigenvalue weighted by molar-refractivity contribution is 9.10. The minimum absolute atomic E-state index is 0.0868. The van der Waals surface area contributed by atoms with Crippen LogP contribution in [0.3, 0.4) is 0 Å². The van der Waals surface area contributed by atoms with Crippen LogP contribution in [-0.2, 0) is 0 Å². The number of hydrogen-bond donors (Lipinski definition) is 2. The number of hydrogen-bond acceptors (Lipinski definition) is 2. The molecule has 0 atom stereocenters. The Labute approximate surface area is 122 Å². The van der Waals surface area contributed by atoms with E-state index >= 15 is 0 Å². The van der Waals surface area contributed by atoms with Gasteiger partial charge in [0.15, 0.2) is 0 Å². The number of phenols is 1. The van der Waals surface area contributed by atoms with Crippen LogP contribution in [-0.4, -0.2) is 11.0 Å². The second kappa shape index (κ2) is 5.59. The maximum atomic E-state index is 13.0. The zero-order chi connectivity index (χ0) is 14.0. The standard InChI is InChI=1S/C13H8BrClFNO2/c14-7-1-4-12(18)9(5-7)13(19)17-8-2-3-11(16)10(15)6-8/h1-6,18H,(H,17,19). The van der Waals surface area contributed by atoms with Crippen molar-refractivity contribution in [1.82, 2.24) is 0 Å². The largest absolute Gasteiger partial charge is 0.507 e. The number of phenolic OH excluding ortho intramolecular Hbond substituents is 1. The molecule has 1 amide bonds. The van der Waals surface area contributed by atoms with Crippen LogP contribution < -0.4 is 5.32 Å². The third kappa shape index (κ3) is 3.24. The van der Waals surface area contributed by atoms with E-state index in [2.05, 4.69) is 21.2 Å². The summed E-state index contributed by atoms with van der Waals surface area (Å²) in [7, 11) is 0. The van der Waals surface area contributed by atoms with Gasteiger partial charge in [-0.15, -0.1) is 0 Å². The normalized spacial score (nSPS) is 10.3. The van der Waals surface area contributed by atoms with Crippen LogP contribution in [0.2, 0.25) is 5.02 Å². The van der Waals surface area contributed by atoms with Crippen molar-refractivity contribution >= 4 is 39.1 Å². The third-order valence-corrected chi connectivity index (χ3v) is 3.16. The molecule has 0 aliphatic heterocycles. The third-order valence-electron chi connectivity index (χ3n) is 2.38. The van der Waals surface area contributed by atoms with Crippen LogP contribution in [0.25, 0.3) is 0 Å². The molecule has 0 spiro atoms. The molecule has 3 nitrogen and oxygen atoms in total. The highest BCUT2D eigenvalue weighted by atomic mass is 79.9. The van der Waals surface area contributed by atoms with E-state index in [0.717, 1.165) is 6.07 Å². The van der Waals surface area contributed by atoms with Crippen LogP contribution in [0.5, 0.6) is 5.75 Å². The molecule has 0 fully saturated rings. The molecule has 0 unspecified atom stereocenters. The highest BCUT2D eigenvalue weighted by Crippen LogP contribution is 2.24. The van der Waals surface area contributed by atoms with Gasteiger partial charge in [-0.2, -0.15) is 0 Å². The lowest BCUT2D eigenvalue weighted by molar-refractivity contribution is 0.102. The minimum atomic E-state index is -0.565. The van der Waals surface area contributed by atoms with E-state index in [1.54, 1.807) is 6.07 Å². The fraction of sp³-hybridized carbons (Fsp3) is 0. The molecule has 0 aliphatic carbocycles. The fourth-order valence-corrected chi connectivity index (χ4v) is 2.00. The highest BCUT2D eigenvalue weighted by Gasteiger charge is 2.12. The van der Waals surface area contributed by atoms with E-state index in [1.165, 1.54) is 24.3 Å². The van der Waals surface area contributed by atoms with E-state index in [1.807, 2.05) is 0 Å². The number of rotatable bonds is 2. The van der Waals surface area contributed by atoms with Gasteiger partial charge in [0, 0.05) is 10.2 Å². The second-order valence-corrected chi connectivity index (χ2v) is 5.07. The summed E-state index contributed by atoms with van der Waals surface area (Å²) in [6.07, 6.45) is 0. The Morgan fingerprint density at radius 1 is 1.26 bits per heavy atom. The summed E-state index contributed by atoms with van der Waals surface area (Å²) in [5.74, 6) is -1.22. The van der Waals surface area contributed by atoms with Crippen molar-refractivity contribution in [2.45, 2.75) is 0 Å². The summed E-state index contributed by atoms with van der Waals surface area (Å²) >= 11 is 8.83. The molecule has 2 rings (SSSR count). The van der Waals surface area contributed by atoms with E-state index in [4.69, 9.17) is 11.6 Å². The number of benzene rings is 2. The molecule has 2 N–H and O–H groups in total. The predicted molar refractivity (Wildman–Crippen MR) is 75.2 cm³/mol. The maximum absolute atomic E-state index is 13.0. The first-order chi connectivity index (χ1) is 8.97. The minimum Gasteiger partial charge on any atom is -0.507 e. The summed E-state index contributed by atoms with van der Waals surface area (Å²) in [4.78, 5) is 12.0. The Balaban J connectivity index is 2.25. The van der Waals surface area contributed by atoms with Gasteiger partial charge in [0.05, 0.1) is 10.6 Å². The van der Waals surface area contributed by atoms with Crippen LogP contribution in [0.15, 0.2) is 40.9 Å². The SMILES string of the molecule is O=C(Nc1ccc(F)c(Cl)c1)c1cc(Br)ccc1O. The number of aromatic hydroxyl groups is 1. The topological polar surface area (TPSA) is 49.3 Å². The van der Waals surface area contributed by atoms with Crippen molar-refractivity contribution in [2.75, 3.05) is 5.32 Å². The average molecular weight is 345 g/mol. The number of nitrogens with one attached hydrogen (secondary N) is 1. The lowest BCUT2D eigenvalue weighted by Crippen LogP contribution is -2.12. The Hall–Kier alpha value is -1.59. The Morgan fingerprint density at radius 3 is 2.68 bits per heavy atom. The van der Waals surface area contributed by atoms with Gasteiger partial charge in [0.25, 0.3) is 5.91 Å². The Morgan fingerprint density at radius 2 is 2.00 bits per heavy atom. The molecule has 0 radical (unpaired) electrons. The first-order valence-corrected chi connectivity index (χ1v) is 6.39. The summed E-state index contributed by atoms with van der Waals surface area (Å²) in [5.41, 5.74) is 0.450. The molecule has 0 aromatic heterocycles. The Kier molecular flexibility index (Phi) is 4.07. The predicted octanol–water partition coefficient (Wildman–Crippen LogP) is 4.20. The summed E-state index contributed by atoms with van der Waals surface area (Å²) < 4.78 is 13.6. The quantitative estimate of drug-likeness (QED) is 0.858. The van der Waals surface area contributed by atoms with E-state index in [9.17, 15) is 14.3 Å². The van der Waals surface area contributed by atoms with Crippen molar-refractivity contribution < 1.29 is 14.3 Å². The van der Waals surface area contributed by atoms with Crippen molar-refractivity contribution in [1.29, 1.82) is 0 Å². The molecule has 2 aromatic rings. The summed E-state index contributed by atoms with van der Waals surface area (Å²) in [6.45, 7) is 0. The van der Waals surface area contributed by atoms with Gasteiger partial charge < -0.3 is 10.4 Å². The monoisotopic (exact) mass is 343 g/mol. The van der Waals surface area contributed by atoms with Crippen molar-refractivity contribution in [2.24, 2.45) is 0 Å². The first kappa shape index (κ1) is 13.8. The molecule has 98 valence electrons. The molecule has 0 saturated heterocycles. The van der Waals surface area contributed by atoms with Crippen LogP contribution in [0.1, 0.15) is 10.4 Å². The zero-order valence-corrected chi connectivity index (χ0v) is 11.8. The smallest absolute Gasteiger partial charge is 0.259 e. The zero-order valence-electron chi connectivity index (χ0n) is 9.45. The van der Waals surface area contributed by atoms with Gasteiger partial charge in [0.2, 0.25) is 0 Å². The Bertz CT molecular complexity index is 649. The fourth-order valence-electron chi connectivity index (χ4n) is 1.46. The maximum Gasteiger partial charge on any atom is 0.259 e. The molecule has 0 bridgehead atoms. The van der Waals surface area contributed by atoms with Gasteiger partial charge in [-0.05, 0) is 36.4 Å². The molecular weight excluding hydrogens is 337 g/mol. The van der Waals surface area contributed by atoms with Crippen molar-refractivity contribution in [3.8, 4) is 5.75 Å². The molecule has 0 heterocycles. The first-order valence-electron chi connectivity index (χ1n) is 5.22. The molecule has 6 heteroatoms. The molecule has 0 saturated carbocycles. The van der Waals surface area contributed by atoms with Gasteiger partial charge in [-0.25, -0.2) is 4.39 Å². The summed E-state index contributed by atoms with van der Waals surface area (Å²) in [6, 6.07) is 8.32. The average Bonchev–Trinajstić information content (AvgIpc) is 2.36. The lowest BCUT2D eigenvalue weighted by Gasteiger charge is -2.08. The van der Waals surface area contributed by atoms with E-state index in [0.29, 0.717) is 10.2 Å². The summed E-state index contributed by atoms with van der Waals surface area (Å²) in [5, 5.41) is 12.1. The van der Waals surface area contributed by atoms with Gasteiger partial charge in [-0.1, -0.05) is 27.5 Å². The number of halogens is 3. The molecular formula is C13H8BrClFNO2. The molecule has 2 aromatic carbocycles. The lowest BCUT2D eigenvalue weighted by atomic mass is 10.2. The number of anilines is 1. The van der Waals surface area contributed by atoms with Crippen molar-refractivity contribution in [3.05, 3.63) is 57.3 Å². The van der Waals surface area contributed by atoms with E-state index < -0.39 is 11.7 Å². The van der Waals surface area contributed by atoms with Crippen LogP contribution >= 0.6 is 27.5 Å². The number of carbonyl (C=O) groups is 1. The van der Waals surface area contributed by atoms with Crippen molar-refractivity contribution in [3.63, 3.8) is 0 Å². The second-order valence-electron chi connectivity index (χ2n) is 3.74. The van der Waals surface area contributed by atoms with Gasteiger partial charge in [-0.3, -0.25) is 4.79 Å². The molecule has 19 heavy (non-hydrogen) atoms. The number of carbonyl (C=O) groups excluding carboxylic acids is 1. The van der Waals surface area contributed by atoms with Crippen LogP contribution in [0, 0.1) is 5.82 Å². The molecule has 0 aliphatic rings. The van der Waals surface area contributed by atoms with Crippen LogP contribution in [0.4, 0.5) is 10.1 Å².